The lowest BCUT2D eigenvalue weighted by Gasteiger charge is -2.44. The Bertz CT molecular complexity index is 621. The number of rotatable bonds is 9. The van der Waals surface area contributed by atoms with Crippen molar-refractivity contribution in [2.24, 2.45) is 16.7 Å². The summed E-state index contributed by atoms with van der Waals surface area (Å²) in [5.74, 6) is -3.38. The molecule has 1 heterocycles. The Labute approximate surface area is 153 Å². The minimum absolute atomic E-state index is 0.00201. The molecule has 0 amide bonds. The second-order valence-electron chi connectivity index (χ2n) is 7.32. The Balaban J connectivity index is 2.59. The van der Waals surface area contributed by atoms with Gasteiger partial charge in [-0.3, -0.25) is 14.4 Å². The van der Waals surface area contributed by atoms with E-state index in [9.17, 15) is 24.6 Å². The first kappa shape index (κ1) is 20.2. The standard InChI is InChI=1S/C20H28O6/c1-3-19(4-2,16(21)15-11-8-12-26-15)20(17(22)23,18(24)25)13-14-9-6-5-7-10-14/h8,11-12,14H,3-7,9-10,13H2,1-2H3,(H,22,23)(H,24,25). The van der Waals surface area contributed by atoms with Crippen LogP contribution in [0.5, 0.6) is 0 Å². The Morgan fingerprint density at radius 2 is 1.65 bits per heavy atom. The molecule has 2 N–H and O–H groups in total. The van der Waals surface area contributed by atoms with Crippen LogP contribution in [0.4, 0.5) is 0 Å². The van der Waals surface area contributed by atoms with Crippen molar-refractivity contribution in [1.82, 2.24) is 0 Å². The zero-order valence-corrected chi connectivity index (χ0v) is 15.5. The van der Waals surface area contributed by atoms with Crippen LogP contribution >= 0.6 is 0 Å². The van der Waals surface area contributed by atoms with Gasteiger partial charge in [-0.05, 0) is 37.3 Å². The van der Waals surface area contributed by atoms with Crippen LogP contribution in [0.3, 0.4) is 0 Å². The quantitative estimate of drug-likeness (QED) is 0.497. The first-order valence-corrected chi connectivity index (χ1v) is 9.40. The largest absolute Gasteiger partial charge is 0.480 e. The molecule has 0 aromatic carbocycles. The Morgan fingerprint density at radius 1 is 1.08 bits per heavy atom. The van der Waals surface area contributed by atoms with E-state index in [-0.39, 0.29) is 30.9 Å². The number of hydrogen-bond acceptors (Lipinski definition) is 4. The zero-order chi connectivity index (χ0) is 19.4. The summed E-state index contributed by atoms with van der Waals surface area (Å²) in [5, 5.41) is 20.2. The van der Waals surface area contributed by atoms with Gasteiger partial charge in [-0.1, -0.05) is 46.0 Å². The predicted molar refractivity (Wildman–Crippen MR) is 95.0 cm³/mol. The second-order valence-corrected chi connectivity index (χ2v) is 7.32. The van der Waals surface area contributed by atoms with Crippen molar-refractivity contribution in [2.75, 3.05) is 0 Å². The fraction of sp³-hybridized carbons (Fsp3) is 0.650. The summed E-state index contributed by atoms with van der Waals surface area (Å²) >= 11 is 0. The highest BCUT2D eigenvalue weighted by atomic mass is 16.4. The summed E-state index contributed by atoms with van der Waals surface area (Å²) in [6.07, 6.45) is 6.19. The van der Waals surface area contributed by atoms with Gasteiger partial charge in [-0.25, -0.2) is 0 Å². The predicted octanol–water partition coefficient (Wildman–Crippen LogP) is 4.39. The lowest BCUT2D eigenvalue weighted by atomic mass is 9.54. The lowest BCUT2D eigenvalue weighted by molar-refractivity contribution is -0.177. The smallest absolute Gasteiger partial charge is 0.322 e. The van der Waals surface area contributed by atoms with Crippen LogP contribution in [0, 0.1) is 16.7 Å². The van der Waals surface area contributed by atoms with Crippen LogP contribution in [0.1, 0.15) is 75.8 Å². The summed E-state index contributed by atoms with van der Waals surface area (Å²) < 4.78 is 5.21. The van der Waals surface area contributed by atoms with Crippen molar-refractivity contribution in [3.8, 4) is 0 Å². The highest BCUT2D eigenvalue weighted by Gasteiger charge is 2.65. The molecule has 0 atom stereocenters. The summed E-state index contributed by atoms with van der Waals surface area (Å²) in [6, 6.07) is 3.02. The molecule has 1 aromatic heterocycles. The van der Waals surface area contributed by atoms with Gasteiger partial charge < -0.3 is 14.6 Å². The first-order valence-electron chi connectivity index (χ1n) is 9.40. The van der Waals surface area contributed by atoms with Gasteiger partial charge in [-0.2, -0.15) is 0 Å². The maximum absolute atomic E-state index is 13.3. The van der Waals surface area contributed by atoms with Crippen molar-refractivity contribution in [1.29, 1.82) is 0 Å². The van der Waals surface area contributed by atoms with Gasteiger partial charge in [-0.15, -0.1) is 0 Å². The molecule has 1 fully saturated rings. The summed E-state index contributed by atoms with van der Waals surface area (Å²) in [7, 11) is 0. The van der Waals surface area contributed by atoms with Crippen molar-refractivity contribution in [2.45, 2.75) is 65.2 Å². The highest BCUT2D eigenvalue weighted by molar-refractivity contribution is 6.09. The molecular weight excluding hydrogens is 336 g/mol. The van der Waals surface area contributed by atoms with E-state index in [1.54, 1.807) is 19.9 Å². The SMILES string of the molecule is CCC(CC)(C(=O)c1ccco1)C(CC1CCCCC1)(C(=O)O)C(=O)O. The molecule has 1 saturated carbocycles. The summed E-state index contributed by atoms with van der Waals surface area (Å²) in [6.45, 7) is 3.37. The van der Waals surface area contributed by atoms with E-state index in [4.69, 9.17) is 4.42 Å². The number of ketones is 1. The Hall–Kier alpha value is -2.11. The van der Waals surface area contributed by atoms with Crippen molar-refractivity contribution < 1.29 is 29.0 Å². The number of carbonyl (C=O) groups is 3. The molecule has 0 radical (unpaired) electrons. The molecule has 6 nitrogen and oxygen atoms in total. The molecule has 144 valence electrons. The van der Waals surface area contributed by atoms with Crippen LogP contribution in [0.25, 0.3) is 0 Å². The van der Waals surface area contributed by atoms with Gasteiger partial charge in [0.05, 0.1) is 11.7 Å². The number of carboxylic acid groups (broad SMARTS) is 2. The molecule has 1 aliphatic carbocycles. The van der Waals surface area contributed by atoms with Gasteiger partial charge in [0.15, 0.2) is 11.2 Å². The van der Waals surface area contributed by atoms with E-state index >= 15 is 0 Å². The fourth-order valence-electron chi connectivity index (χ4n) is 4.71. The van der Waals surface area contributed by atoms with Crippen molar-refractivity contribution >= 4 is 17.7 Å². The highest BCUT2D eigenvalue weighted by Crippen LogP contribution is 2.53. The number of carboxylic acids is 2. The van der Waals surface area contributed by atoms with Crippen LogP contribution in [-0.2, 0) is 9.59 Å². The van der Waals surface area contributed by atoms with Crippen LogP contribution in [0.15, 0.2) is 22.8 Å². The normalized spacial score (nSPS) is 16.4. The third-order valence-corrected chi connectivity index (χ3v) is 6.25. The average Bonchev–Trinajstić information content (AvgIpc) is 3.16. The number of hydrogen-bond donors (Lipinski definition) is 2. The maximum Gasteiger partial charge on any atom is 0.322 e. The molecule has 0 saturated heterocycles. The van der Waals surface area contributed by atoms with Gasteiger partial charge in [0.1, 0.15) is 0 Å². The van der Waals surface area contributed by atoms with Crippen LogP contribution < -0.4 is 0 Å². The molecule has 26 heavy (non-hydrogen) atoms. The molecular formula is C20H28O6. The number of Topliss-reactive ketones (excluding diaryl/α,β-unsaturated/α-hetero) is 1. The molecule has 0 aliphatic heterocycles. The zero-order valence-electron chi connectivity index (χ0n) is 15.5. The number of furan rings is 1. The number of aliphatic carboxylic acids is 2. The van der Waals surface area contributed by atoms with E-state index in [1.807, 2.05) is 0 Å². The Kier molecular flexibility index (Phi) is 6.26. The maximum atomic E-state index is 13.3. The first-order chi connectivity index (χ1) is 12.4. The van der Waals surface area contributed by atoms with E-state index in [0.29, 0.717) is 0 Å². The molecule has 0 spiro atoms. The van der Waals surface area contributed by atoms with Gasteiger partial charge >= 0.3 is 11.9 Å². The summed E-state index contributed by atoms with van der Waals surface area (Å²) in [4.78, 5) is 38.1. The van der Waals surface area contributed by atoms with E-state index in [0.717, 1.165) is 32.1 Å². The van der Waals surface area contributed by atoms with Crippen LogP contribution in [0.2, 0.25) is 0 Å². The van der Waals surface area contributed by atoms with E-state index < -0.39 is 28.6 Å². The van der Waals surface area contributed by atoms with Crippen molar-refractivity contribution in [3.63, 3.8) is 0 Å². The number of carbonyl (C=O) groups excluding carboxylic acids is 1. The molecule has 0 bridgehead atoms. The Morgan fingerprint density at radius 3 is 2.08 bits per heavy atom. The fourth-order valence-corrected chi connectivity index (χ4v) is 4.71. The third kappa shape index (κ3) is 3.17. The topological polar surface area (TPSA) is 105 Å². The molecule has 1 aliphatic rings. The van der Waals surface area contributed by atoms with E-state index in [2.05, 4.69) is 0 Å². The third-order valence-electron chi connectivity index (χ3n) is 6.25. The minimum atomic E-state index is -2.16. The van der Waals surface area contributed by atoms with Crippen molar-refractivity contribution in [3.05, 3.63) is 24.2 Å². The molecule has 0 unspecified atom stereocenters. The van der Waals surface area contributed by atoms with Gasteiger partial charge in [0.2, 0.25) is 5.78 Å². The molecule has 2 rings (SSSR count). The molecule has 1 aromatic rings. The van der Waals surface area contributed by atoms with Gasteiger partial charge in [0, 0.05) is 0 Å². The minimum Gasteiger partial charge on any atom is -0.480 e. The second kappa shape index (κ2) is 8.06. The monoisotopic (exact) mass is 364 g/mol. The average molecular weight is 364 g/mol. The molecule has 6 heteroatoms. The van der Waals surface area contributed by atoms with Crippen LogP contribution in [-0.4, -0.2) is 27.9 Å². The summed E-state index contributed by atoms with van der Waals surface area (Å²) in [5.41, 5.74) is -3.72. The van der Waals surface area contributed by atoms with Gasteiger partial charge in [0.25, 0.3) is 0 Å². The van der Waals surface area contributed by atoms with E-state index in [1.165, 1.54) is 12.3 Å². The lowest BCUT2D eigenvalue weighted by Crippen LogP contribution is -2.57.